The molecule has 1 aliphatic rings. The molecule has 36 heavy (non-hydrogen) atoms. The van der Waals surface area contributed by atoms with E-state index in [0.717, 1.165) is 23.3 Å². The van der Waals surface area contributed by atoms with Crippen LogP contribution in [-0.4, -0.2) is 35.5 Å². The third-order valence-corrected chi connectivity index (χ3v) is 6.93. The maximum Gasteiger partial charge on any atom is 0.266 e. The number of benzene rings is 3. The van der Waals surface area contributed by atoms with Crippen LogP contribution in [0, 0.1) is 13.8 Å². The Morgan fingerprint density at radius 3 is 2.36 bits per heavy atom. The highest BCUT2D eigenvalue weighted by molar-refractivity contribution is 8.26. The number of hydrogen-bond acceptors (Lipinski definition) is 6. The lowest BCUT2D eigenvalue weighted by atomic mass is 10.1. The molecule has 0 saturated carbocycles. The molecule has 0 bridgehead atoms. The third-order valence-electron chi connectivity index (χ3n) is 5.55. The van der Waals surface area contributed by atoms with Crippen LogP contribution in [0.4, 0.5) is 0 Å². The Morgan fingerprint density at radius 1 is 0.917 bits per heavy atom. The molecule has 1 saturated heterocycles. The second-order valence-electron chi connectivity index (χ2n) is 8.54. The quantitative estimate of drug-likeness (QED) is 0.172. The molecule has 3 aromatic rings. The molecule has 0 spiro atoms. The predicted molar refractivity (Wildman–Crippen MR) is 150 cm³/mol. The van der Waals surface area contributed by atoms with Gasteiger partial charge in [0.25, 0.3) is 5.91 Å². The van der Waals surface area contributed by atoms with Gasteiger partial charge in [-0.1, -0.05) is 66.4 Å². The average molecular weight is 520 g/mol. The molecular weight excluding hydrogens is 490 g/mol. The van der Waals surface area contributed by atoms with E-state index in [9.17, 15) is 4.79 Å². The molecule has 1 aliphatic heterocycles. The van der Waals surface area contributed by atoms with Crippen LogP contribution in [0.1, 0.15) is 28.7 Å². The van der Waals surface area contributed by atoms with Gasteiger partial charge in [-0.3, -0.25) is 9.69 Å². The number of methoxy groups -OCH3 is 1. The third kappa shape index (κ3) is 6.68. The Labute approximate surface area is 222 Å². The van der Waals surface area contributed by atoms with Gasteiger partial charge in [-0.2, -0.15) is 0 Å². The fraction of sp³-hybridized carbons (Fsp3) is 0.241. The summed E-state index contributed by atoms with van der Waals surface area (Å²) in [6.45, 7) is 5.65. The van der Waals surface area contributed by atoms with Gasteiger partial charge >= 0.3 is 0 Å². The maximum absolute atomic E-state index is 13.0. The Bertz CT molecular complexity index is 1250. The normalized spacial score (nSPS) is 14.4. The zero-order chi connectivity index (χ0) is 25.5. The molecule has 1 amide bonds. The number of thiocarbonyl (C=S) groups is 1. The SMILES string of the molecule is COc1cc(/C=C2/SC(=S)N(Cc3ccccc3)C2=O)ccc1OCCCOc1cc(C)cc(C)c1. The van der Waals surface area contributed by atoms with Crippen molar-refractivity contribution < 1.29 is 19.0 Å². The molecular formula is C29H29NO4S2. The molecule has 0 atom stereocenters. The largest absolute Gasteiger partial charge is 0.493 e. The van der Waals surface area contributed by atoms with Gasteiger partial charge in [0.15, 0.2) is 11.5 Å². The molecule has 0 N–H and O–H groups in total. The highest BCUT2D eigenvalue weighted by atomic mass is 32.2. The lowest BCUT2D eigenvalue weighted by Gasteiger charge is -2.14. The van der Waals surface area contributed by atoms with E-state index in [1.165, 1.54) is 22.9 Å². The number of hydrogen-bond donors (Lipinski definition) is 0. The topological polar surface area (TPSA) is 48.0 Å². The number of ether oxygens (including phenoxy) is 3. The van der Waals surface area contributed by atoms with Crippen LogP contribution in [-0.2, 0) is 11.3 Å². The molecule has 7 heteroatoms. The highest BCUT2D eigenvalue weighted by Crippen LogP contribution is 2.35. The zero-order valence-corrected chi connectivity index (χ0v) is 22.3. The first-order valence-corrected chi connectivity index (χ1v) is 13.0. The van der Waals surface area contributed by atoms with Crippen LogP contribution in [0.15, 0.2) is 71.6 Å². The van der Waals surface area contributed by atoms with Crippen LogP contribution in [0.2, 0.25) is 0 Å². The highest BCUT2D eigenvalue weighted by Gasteiger charge is 2.32. The van der Waals surface area contributed by atoms with Crippen molar-refractivity contribution in [3.63, 3.8) is 0 Å². The predicted octanol–water partition coefficient (Wildman–Crippen LogP) is 6.56. The lowest BCUT2D eigenvalue weighted by Crippen LogP contribution is -2.27. The van der Waals surface area contributed by atoms with E-state index in [2.05, 4.69) is 19.9 Å². The van der Waals surface area contributed by atoms with Crippen molar-refractivity contribution in [2.75, 3.05) is 20.3 Å². The van der Waals surface area contributed by atoms with E-state index in [-0.39, 0.29) is 5.91 Å². The van der Waals surface area contributed by atoms with Gasteiger partial charge < -0.3 is 14.2 Å². The number of aryl methyl sites for hydroxylation is 2. The minimum absolute atomic E-state index is 0.0862. The summed E-state index contributed by atoms with van der Waals surface area (Å²) in [6, 6.07) is 21.7. The summed E-state index contributed by atoms with van der Waals surface area (Å²) < 4.78 is 17.9. The van der Waals surface area contributed by atoms with Crippen LogP contribution in [0.3, 0.4) is 0 Å². The Morgan fingerprint density at radius 2 is 1.64 bits per heavy atom. The maximum atomic E-state index is 13.0. The fourth-order valence-electron chi connectivity index (χ4n) is 3.89. The fourth-order valence-corrected chi connectivity index (χ4v) is 5.15. The van der Waals surface area contributed by atoms with E-state index in [1.807, 2.05) is 66.7 Å². The monoisotopic (exact) mass is 519 g/mol. The summed E-state index contributed by atoms with van der Waals surface area (Å²) in [6.07, 6.45) is 2.58. The van der Waals surface area contributed by atoms with Gasteiger partial charge in [0.05, 0.1) is 31.8 Å². The van der Waals surface area contributed by atoms with Gasteiger partial charge in [0.2, 0.25) is 0 Å². The number of rotatable bonds is 10. The van der Waals surface area contributed by atoms with E-state index in [0.29, 0.717) is 40.5 Å². The second kappa shape index (κ2) is 12.1. The van der Waals surface area contributed by atoms with Crippen LogP contribution in [0.5, 0.6) is 17.2 Å². The number of nitrogens with zero attached hydrogens (tertiary/aromatic N) is 1. The molecule has 4 rings (SSSR count). The smallest absolute Gasteiger partial charge is 0.266 e. The van der Waals surface area contributed by atoms with Gasteiger partial charge in [-0.25, -0.2) is 0 Å². The molecule has 1 heterocycles. The molecule has 0 aromatic heterocycles. The summed E-state index contributed by atoms with van der Waals surface area (Å²) in [5, 5.41) is 0. The minimum atomic E-state index is -0.0862. The first kappa shape index (κ1) is 25.8. The van der Waals surface area contributed by atoms with Gasteiger partial charge in [0.1, 0.15) is 10.1 Å². The summed E-state index contributed by atoms with van der Waals surface area (Å²) in [5.74, 6) is 2.05. The molecule has 3 aromatic carbocycles. The van der Waals surface area contributed by atoms with E-state index in [1.54, 1.807) is 12.0 Å². The molecule has 0 aliphatic carbocycles. The molecule has 5 nitrogen and oxygen atoms in total. The summed E-state index contributed by atoms with van der Waals surface area (Å²) in [7, 11) is 1.61. The van der Waals surface area contributed by atoms with Crippen molar-refractivity contribution in [3.8, 4) is 17.2 Å². The molecule has 186 valence electrons. The average Bonchev–Trinajstić information content (AvgIpc) is 3.11. The second-order valence-corrected chi connectivity index (χ2v) is 10.2. The summed E-state index contributed by atoms with van der Waals surface area (Å²) in [5.41, 5.74) is 4.25. The van der Waals surface area contributed by atoms with Crippen molar-refractivity contribution in [2.45, 2.75) is 26.8 Å². The van der Waals surface area contributed by atoms with Crippen molar-refractivity contribution >= 4 is 40.3 Å². The Kier molecular flexibility index (Phi) is 8.67. The summed E-state index contributed by atoms with van der Waals surface area (Å²) >= 11 is 6.78. The molecule has 0 unspecified atom stereocenters. The van der Waals surface area contributed by atoms with E-state index < -0.39 is 0 Å². The minimum Gasteiger partial charge on any atom is -0.493 e. The van der Waals surface area contributed by atoms with Crippen molar-refractivity contribution in [2.24, 2.45) is 0 Å². The van der Waals surface area contributed by atoms with Crippen molar-refractivity contribution in [3.05, 3.63) is 93.9 Å². The van der Waals surface area contributed by atoms with Gasteiger partial charge in [0, 0.05) is 6.42 Å². The van der Waals surface area contributed by atoms with Crippen molar-refractivity contribution in [1.82, 2.24) is 4.90 Å². The molecule has 0 radical (unpaired) electrons. The number of carbonyl (C=O) groups is 1. The zero-order valence-electron chi connectivity index (χ0n) is 20.7. The Balaban J connectivity index is 1.34. The number of carbonyl (C=O) groups excluding carboxylic acids is 1. The van der Waals surface area contributed by atoms with Crippen molar-refractivity contribution in [1.29, 1.82) is 0 Å². The van der Waals surface area contributed by atoms with Gasteiger partial charge in [-0.05, 0) is 66.4 Å². The van der Waals surface area contributed by atoms with Crippen LogP contribution >= 0.6 is 24.0 Å². The van der Waals surface area contributed by atoms with E-state index >= 15 is 0 Å². The first-order chi connectivity index (χ1) is 17.4. The Hall–Kier alpha value is -3.29. The van der Waals surface area contributed by atoms with E-state index in [4.69, 9.17) is 26.4 Å². The summed E-state index contributed by atoms with van der Waals surface area (Å²) in [4.78, 5) is 15.2. The van der Waals surface area contributed by atoms with Crippen LogP contribution in [0.25, 0.3) is 6.08 Å². The lowest BCUT2D eigenvalue weighted by molar-refractivity contribution is -0.122. The van der Waals surface area contributed by atoms with Crippen LogP contribution < -0.4 is 14.2 Å². The first-order valence-electron chi connectivity index (χ1n) is 11.7. The molecule has 1 fully saturated rings. The number of amides is 1. The van der Waals surface area contributed by atoms with Gasteiger partial charge in [-0.15, -0.1) is 0 Å². The number of thioether (sulfide) groups is 1. The standard InChI is InChI=1S/C29H29NO4S2/c1-20-14-21(2)16-24(15-20)33-12-7-13-34-25-11-10-23(17-26(25)32-3)18-27-28(31)30(29(35)36-27)19-22-8-5-4-6-9-22/h4-6,8-11,14-18H,7,12-13,19H2,1-3H3/b27-18+.